The lowest BCUT2D eigenvalue weighted by atomic mass is 10.0. The average molecular weight is 242 g/mol. The fraction of sp³-hybridized carbons (Fsp3) is 1.00. The van der Waals surface area contributed by atoms with Gasteiger partial charge >= 0.3 is 0 Å². The van der Waals surface area contributed by atoms with Crippen molar-refractivity contribution in [1.82, 2.24) is 0 Å². The molecule has 0 radical (unpaired) electrons. The molecular formula is C15H34N2+2. The summed E-state index contributed by atoms with van der Waals surface area (Å²) in [4.78, 5) is 0. The Morgan fingerprint density at radius 1 is 0.588 bits per heavy atom. The predicted octanol–water partition coefficient (Wildman–Crippen LogP) is 2.88. The molecule has 0 saturated carbocycles. The first-order valence-electron chi connectivity index (χ1n) is 7.11. The normalized spacial score (nSPS) is 36.7. The molecule has 2 nitrogen and oxygen atoms in total. The van der Waals surface area contributed by atoms with E-state index in [1.165, 1.54) is 41.6 Å². The highest BCUT2D eigenvalue weighted by molar-refractivity contribution is 4.68. The minimum atomic E-state index is 0.368. The molecule has 1 heterocycles. The molecule has 0 aromatic rings. The molecule has 0 aromatic carbocycles. The average Bonchev–Trinajstić information content (AvgIpc) is 2.25. The molecule has 1 rings (SSSR count). The van der Waals surface area contributed by atoms with Crippen molar-refractivity contribution in [3.05, 3.63) is 0 Å². The number of rotatable bonds is 0. The molecule has 2 heteroatoms. The van der Waals surface area contributed by atoms with Crippen molar-refractivity contribution in [2.24, 2.45) is 0 Å². The predicted molar refractivity (Wildman–Crippen MR) is 76.0 cm³/mol. The molecule has 2 unspecified atom stereocenters. The van der Waals surface area contributed by atoms with E-state index in [-0.39, 0.29) is 0 Å². The Hall–Kier alpha value is -0.0800. The summed E-state index contributed by atoms with van der Waals surface area (Å²) in [5.74, 6) is 0. The fourth-order valence-corrected chi connectivity index (χ4v) is 2.78. The number of hydrogen-bond acceptors (Lipinski definition) is 0. The van der Waals surface area contributed by atoms with Gasteiger partial charge in [-0.3, -0.25) is 0 Å². The number of nitrogens with zero attached hydrogens (tertiary/aromatic N) is 2. The van der Waals surface area contributed by atoms with Gasteiger partial charge in [0, 0.05) is 6.42 Å². The van der Waals surface area contributed by atoms with Gasteiger partial charge in [-0.15, -0.1) is 0 Å². The zero-order valence-electron chi connectivity index (χ0n) is 13.4. The van der Waals surface area contributed by atoms with Gasteiger partial charge in [-0.05, 0) is 41.5 Å². The summed E-state index contributed by atoms with van der Waals surface area (Å²) < 4.78 is 2.44. The minimum absolute atomic E-state index is 0.368. The molecule has 0 aromatic heterocycles. The van der Waals surface area contributed by atoms with Crippen molar-refractivity contribution < 1.29 is 8.97 Å². The van der Waals surface area contributed by atoms with Crippen LogP contribution in [0.15, 0.2) is 0 Å². The van der Waals surface area contributed by atoms with E-state index < -0.39 is 0 Å². The molecule has 0 aliphatic carbocycles. The molecule has 0 N–H and O–H groups in total. The Bertz CT molecular complexity index is 244. The van der Waals surface area contributed by atoms with Crippen LogP contribution in [0.5, 0.6) is 0 Å². The first-order valence-corrected chi connectivity index (χ1v) is 7.11. The van der Waals surface area contributed by atoms with Crippen molar-refractivity contribution in [2.75, 3.05) is 40.3 Å². The highest BCUT2D eigenvalue weighted by Gasteiger charge is 2.44. The SMILES string of the molecule is CC(C)(C)[N+]1(C)CCC[N+](C)(C(C)(C)C)CC1. The third kappa shape index (κ3) is 2.85. The van der Waals surface area contributed by atoms with E-state index >= 15 is 0 Å². The Balaban J connectivity index is 2.89. The van der Waals surface area contributed by atoms with E-state index in [1.807, 2.05) is 0 Å². The second kappa shape index (κ2) is 4.24. The van der Waals surface area contributed by atoms with Gasteiger partial charge < -0.3 is 8.97 Å². The minimum Gasteiger partial charge on any atom is -0.317 e. The van der Waals surface area contributed by atoms with E-state index in [2.05, 4.69) is 55.6 Å². The molecule has 1 saturated heterocycles. The summed E-state index contributed by atoms with van der Waals surface area (Å²) in [5.41, 5.74) is 0.736. The summed E-state index contributed by atoms with van der Waals surface area (Å²) in [6.07, 6.45) is 1.35. The van der Waals surface area contributed by atoms with Gasteiger partial charge in [0.2, 0.25) is 0 Å². The van der Waals surface area contributed by atoms with Crippen molar-refractivity contribution in [3.8, 4) is 0 Å². The van der Waals surface area contributed by atoms with Crippen LogP contribution in [0.1, 0.15) is 48.0 Å². The molecule has 0 spiro atoms. The third-order valence-electron chi connectivity index (χ3n) is 5.63. The number of quaternary nitrogens is 2. The monoisotopic (exact) mass is 242 g/mol. The van der Waals surface area contributed by atoms with Crippen LogP contribution in [0.2, 0.25) is 0 Å². The maximum Gasteiger partial charge on any atom is 0.129 e. The number of likely N-dealkylation sites (N-methyl/N-ethyl adjacent to an activating group) is 2. The Labute approximate surface area is 109 Å². The quantitative estimate of drug-likeness (QED) is 0.573. The maximum atomic E-state index is 2.44. The van der Waals surface area contributed by atoms with Crippen molar-refractivity contribution >= 4 is 0 Å². The Morgan fingerprint density at radius 2 is 0.882 bits per heavy atom. The fourth-order valence-electron chi connectivity index (χ4n) is 2.78. The van der Waals surface area contributed by atoms with Crippen LogP contribution in [0.3, 0.4) is 0 Å². The zero-order valence-corrected chi connectivity index (χ0v) is 13.4. The lowest BCUT2D eigenvalue weighted by Crippen LogP contribution is -2.62. The number of hydrogen-bond donors (Lipinski definition) is 0. The molecule has 0 amide bonds. The van der Waals surface area contributed by atoms with Crippen molar-refractivity contribution in [1.29, 1.82) is 0 Å². The Morgan fingerprint density at radius 3 is 1.12 bits per heavy atom. The van der Waals surface area contributed by atoms with Crippen molar-refractivity contribution in [2.45, 2.75) is 59.0 Å². The van der Waals surface area contributed by atoms with E-state index in [9.17, 15) is 0 Å². The zero-order chi connectivity index (χ0) is 13.5. The smallest absolute Gasteiger partial charge is 0.129 e. The first kappa shape index (κ1) is 15.0. The van der Waals surface area contributed by atoms with Gasteiger partial charge in [-0.1, -0.05) is 0 Å². The van der Waals surface area contributed by atoms with Gasteiger partial charge in [0.25, 0.3) is 0 Å². The maximum absolute atomic E-state index is 2.44. The summed E-state index contributed by atoms with van der Waals surface area (Å²) in [7, 11) is 4.89. The van der Waals surface area contributed by atoms with Crippen LogP contribution in [0.25, 0.3) is 0 Å². The summed E-state index contributed by atoms with van der Waals surface area (Å²) in [5, 5.41) is 0. The van der Waals surface area contributed by atoms with Crippen LogP contribution in [0, 0.1) is 0 Å². The highest BCUT2D eigenvalue weighted by Crippen LogP contribution is 2.30. The van der Waals surface area contributed by atoms with E-state index in [4.69, 9.17) is 0 Å². The summed E-state index contributed by atoms with van der Waals surface area (Å²) in [6, 6.07) is 0. The third-order valence-corrected chi connectivity index (χ3v) is 5.63. The van der Waals surface area contributed by atoms with Crippen LogP contribution in [0.4, 0.5) is 0 Å². The molecule has 1 aliphatic rings. The molecule has 1 fully saturated rings. The van der Waals surface area contributed by atoms with Gasteiger partial charge in [0.15, 0.2) is 0 Å². The topological polar surface area (TPSA) is 0 Å². The van der Waals surface area contributed by atoms with Gasteiger partial charge in [0.1, 0.15) is 13.1 Å². The Kier molecular flexibility index (Phi) is 3.73. The molecule has 1 aliphatic heterocycles. The van der Waals surface area contributed by atoms with Crippen LogP contribution >= 0.6 is 0 Å². The molecule has 102 valence electrons. The lowest BCUT2D eigenvalue weighted by Gasteiger charge is -2.47. The lowest BCUT2D eigenvalue weighted by molar-refractivity contribution is -0.988. The molecule has 17 heavy (non-hydrogen) atoms. The van der Waals surface area contributed by atoms with Crippen LogP contribution in [-0.4, -0.2) is 60.3 Å². The largest absolute Gasteiger partial charge is 0.317 e. The molecular weight excluding hydrogens is 208 g/mol. The van der Waals surface area contributed by atoms with E-state index in [0.717, 1.165) is 0 Å². The van der Waals surface area contributed by atoms with E-state index in [1.54, 1.807) is 0 Å². The first-order chi connectivity index (χ1) is 7.41. The standard InChI is InChI=1S/C15H34N2/c1-14(2,3)16(7)10-9-11-17(8,13-12-16)15(4,5)6/h9-13H2,1-8H3/q+2. The van der Waals surface area contributed by atoms with Crippen molar-refractivity contribution in [3.63, 3.8) is 0 Å². The second-order valence-electron chi connectivity index (χ2n) is 8.38. The molecule has 2 atom stereocenters. The van der Waals surface area contributed by atoms with Gasteiger partial charge in [0.05, 0.1) is 38.3 Å². The molecule has 0 bridgehead atoms. The van der Waals surface area contributed by atoms with E-state index in [0.29, 0.717) is 11.1 Å². The second-order valence-corrected chi connectivity index (χ2v) is 8.38. The van der Waals surface area contributed by atoms with Gasteiger partial charge in [-0.2, -0.15) is 0 Å². The van der Waals surface area contributed by atoms with Crippen LogP contribution in [-0.2, 0) is 0 Å². The highest BCUT2D eigenvalue weighted by atomic mass is 15.5. The summed E-state index contributed by atoms with van der Waals surface area (Å²) >= 11 is 0. The summed E-state index contributed by atoms with van der Waals surface area (Å²) in [6.45, 7) is 19.6. The van der Waals surface area contributed by atoms with Gasteiger partial charge in [-0.25, -0.2) is 0 Å². The van der Waals surface area contributed by atoms with Crippen LogP contribution < -0.4 is 0 Å².